The van der Waals surface area contributed by atoms with Gasteiger partial charge in [-0.1, -0.05) is 25.4 Å². The molecule has 0 aromatic heterocycles. The molecule has 1 atom stereocenters. The van der Waals surface area contributed by atoms with Crippen molar-refractivity contribution in [1.29, 1.82) is 0 Å². The summed E-state index contributed by atoms with van der Waals surface area (Å²) >= 11 is 6.02. The van der Waals surface area contributed by atoms with Crippen molar-refractivity contribution in [2.24, 2.45) is 0 Å². The Kier molecular flexibility index (Phi) is 6.12. The summed E-state index contributed by atoms with van der Waals surface area (Å²) in [5.74, 6) is -0.162. The Hall–Kier alpha value is -1.26. The highest BCUT2D eigenvalue weighted by molar-refractivity contribution is 6.34. The zero-order chi connectivity index (χ0) is 14.4. The van der Waals surface area contributed by atoms with E-state index in [2.05, 4.69) is 24.1 Å². The molecule has 0 aliphatic heterocycles. The minimum absolute atomic E-state index is 0.0704. The van der Waals surface area contributed by atoms with Gasteiger partial charge in [-0.15, -0.1) is 0 Å². The van der Waals surface area contributed by atoms with Crippen LogP contribution in [0.25, 0.3) is 0 Å². The number of anilines is 1. The average Bonchev–Trinajstić information content (AvgIpc) is 2.35. The molecule has 4 nitrogen and oxygen atoms in total. The predicted octanol–water partition coefficient (Wildman–Crippen LogP) is 2.38. The van der Waals surface area contributed by atoms with Crippen LogP contribution in [0.2, 0.25) is 5.02 Å². The van der Waals surface area contributed by atoms with Gasteiger partial charge in [0, 0.05) is 18.3 Å². The Morgan fingerprint density at radius 1 is 1.42 bits per heavy atom. The number of hydrogen-bond acceptors (Lipinski definition) is 3. The van der Waals surface area contributed by atoms with Gasteiger partial charge in [0.15, 0.2) is 0 Å². The lowest BCUT2D eigenvalue weighted by atomic mass is 10.1. The van der Waals surface area contributed by atoms with Crippen LogP contribution in [0.3, 0.4) is 0 Å². The summed E-state index contributed by atoms with van der Waals surface area (Å²) in [6.07, 6.45) is 0. The maximum atomic E-state index is 12.1. The van der Waals surface area contributed by atoms with Crippen LogP contribution in [0.1, 0.15) is 31.1 Å². The molecular formula is C14H22ClN3O. The molecule has 1 unspecified atom stereocenters. The first-order chi connectivity index (χ1) is 8.97. The number of likely N-dealkylation sites (N-methyl/N-ethyl adjacent to an activating group) is 1. The number of nitrogens with zero attached hydrogens (tertiary/aromatic N) is 1. The van der Waals surface area contributed by atoms with Crippen molar-refractivity contribution >= 4 is 23.2 Å². The highest BCUT2D eigenvalue weighted by Gasteiger charge is 2.14. The summed E-state index contributed by atoms with van der Waals surface area (Å²) in [5, 5.41) is 3.33. The van der Waals surface area contributed by atoms with E-state index in [0.717, 1.165) is 19.6 Å². The van der Waals surface area contributed by atoms with Crippen molar-refractivity contribution in [1.82, 2.24) is 10.2 Å². The van der Waals surface area contributed by atoms with Crippen molar-refractivity contribution in [3.8, 4) is 0 Å². The second-order valence-corrected chi connectivity index (χ2v) is 5.01. The first-order valence-corrected chi connectivity index (χ1v) is 6.93. The maximum absolute atomic E-state index is 12.1. The number of halogens is 1. The Bertz CT molecular complexity index is 433. The van der Waals surface area contributed by atoms with Crippen molar-refractivity contribution in [2.75, 3.05) is 25.4 Å². The molecule has 0 saturated heterocycles. The molecule has 1 amide bonds. The van der Waals surface area contributed by atoms with Crippen LogP contribution < -0.4 is 11.1 Å². The number of nitrogens with one attached hydrogen (secondary N) is 1. The zero-order valence-corrected chi connectivity index (χ0v) is 12.5. The van der Waals surface area contributed by atoms with Gasteiger partial charge in [0.25, 0.3) is 5.91 Å². The fourth-order valence-electron chi connectivity index (χ4n) is 1.93. The Balaban J connectivity index is 2.63. The van der Waals surface area contributed by atoms with Crippen molar-refractivity contribution in [2.45, 2.75) is 26.8 Å². The van der Waals surface area contributed by atoms with Crippen LogP contribution in [-0.2, 0) is 0 Å². The van der Waals surface area contributed by atoms with Crippen LogP contribution >= 0.6 is 11.6 Å². The largest absolute Gasteiger partial charge is 0.399 e. The third-order valence-corrected chi connectivity index (χ3v) is 3.35. The third kappa shape index (κ3) is 4.73. The number of nitrogens with two attached hydrogens (primary N) is 1. The van der Waals surface area contributed by atoms with E-state index < -0.39 is 0 Å². The monoisotopic (exact) mass is 283 g/mol. The first kappa shape index (κ1) is 15.8. The number of hydrogen-bond donors (Lipinski definition) is 2. The van der Waals surface area contributed by atoms with Gasteiger partial charge < -0.3 is 16.0 Å². The van der Waals surface area contributed by atoms with E-state index in [9.17, 15) is 4.79 Å². The lowest BCUT2D eigenvalue weighted by Crippen LogP contribution is -2.42. The number of nitrogen functional groups attached to an aromatic ring is 1. The average molecular weight is 284 g/mol. The van der Waals surface area contributed by atoms with Gasteiger partial charge >= 0.3 is 0 Å². The molecule has 1 rings (SSSR count). The Labute approximate surface area is 119 Å². The molecule has 0 bridgehead atoms. The summed E-state index contributed by atoms with van der Waals surface area (Å²) in [6.45, 7) is 8.97. The maximum Gasteiger partial charge on any atom is 0.253 e. The molecule has 0 saturated carbocycles. The number of carbonyl (C=O) groups is 1. The fraction of sp³-hybridized carbons (Fsp3) is 0.500. The van der Waals surface area contributed by atoms with Gasteiger partial charge in [-0.2, -0.15) is 0 Å². The highest BCUT2D eigenvalue weighted by Crippen LogP contribution is 2.19. The van der Waals surface area contributed by atoms with Gasteiger partial charge in [0.1, 0.15) is 0 Å². The molecular weight excluding hydrogens is 262 g/mol. The molecule has 0 spiro atoms. The predicted molar refractivity (Wildman–Crippen MR) is 80.6 cm³/mol. The summed E-state index contributed by atoms with van der Waals surface area (Å²) < 4.78 is 0. The van der Waals surface area contributed by atoms with Gasteiger partial charge in [0.2, 0.25) is 0 Å². The minimum atomic E-state index is -0.162. The fourth-order valence-corrected chi connectivity index (χ4v) is 2.21. The van der Waals surface area contributed by atoms with E-state index in [-0.39, 0.29) is 11.9 Å². The molecule has 0 aliphatic carbocycles. The SMILES string of the molecule is CCN(CC)CC(C)NC(=O)c1ccc(N)cc1Cl. The number of amides is 1. The smallest absolute Gasteiger partial charge is 0.253 e. The van der Waals surface area contributed by atoms with E-state index >= 15 is 0 Å². The summed E-state index contributed by atoms with van der Waals surface area (Å²) in [7, 11) is 0. The van der Waals surface area contributed by atoms with Crippen LogP contribution in [-0.4, -0.2) is 36.5 Å². The van der Waals surface area contributed by atoms with E-state index in [4.69, 9.17) is 17.3 Å². The highest BCUT2D eigenvalue weighted by atomic mass is 35.5. The van der Waals surface area contributed by atoms with Crippen molar-refractivity contribution in [3.63, 3.8) is 0 Å². The van der Waals surface area contributed by atoms with Crippen LogP contribution in [0.4, 0.5) is 5.69 Å². The second kappa shape index (κ2) is 7.36. The van der Waals surface area contributed by atoms with Crippen molar-refractivity contribution in [3.05, 3.63) is 28.8 Å². The van der Waals surface area contributed by atoms with E-state index in [1.54, 1.807) is 18.2 Å². The summed E-state index contributed by atoms with van der Waals surface area (Å²) in [6, 6.07) is 4.99. The third-order valence-electron chi connectivity index (χ3n) is 3.04. The Morgan fingerprint density at radius 3 is 2.58 bits per heavy atom. The zero-order valence-electron chi connectivity index (χ0n) is 11.7. The van der Waals surface area contributed by atoms with Gasteiger partial charge in [-0.25, -0.2) is 0 Å². The molecule has 0 aliphatic rings. The normalized spacial score (nSPS) is 12.5. The molecule has 3 N–H and O–H groups in total. The number of benzene rings is 1. The van der Waals surface area contributed by atoms with Gasteiger partial charge in [-0.05, 0) is 38.2 Å². The van der Waals surface area contributed by atoms with Crippen molar-refractivity contribution < 1.29 is 4.79 Å². The molecule has 106 valence electrons. The second-order valence-electron chi connectivity index (χ2n) is 4.60. The van der Waals surface area contributed by atoms with E-state index in [0.29, 0.717) is 16.3 Å². The number of rotatable bonds is 6. The minimum Gasteiger partial charge on any atom is -0.399 e. The lowest BCUT2D eigenvalue weighted by Gasteiger charge is -2.23. The van der Waals surface area contributed by atoms with Crippen LogP contribution in [0.5, 0.6) is 0 Å². The van der Waals surface area contributed by atoms with E-state index in [1.165, 1.54) is 0 Å². The quantitative estimate of drug-likeness (QED) is 0.788. The summed E-state index contributed by atoms with van der Waals surface area (Å²) in [4.78, 5) is 14.3. The topological polar surface area (TPSA) is 58.4 Å². The van der Waals surface area contributed by atoms with Crippen LogP contribution in [0.15, 0.2) is 18.2 Å². The molecule has 1 aromatic rings. The molecule has 0 heterocycles. The van der Waals surface area contributed by atoms with Crippen LogP contribution in [0, 0.1) is 0 Å². The molecule has 5 heteroatoms. The van der Waals surface area contributed by atoms with Gasteiger partial charge in [0.05, 0.1) is 10.6 Å². The first-order valence-electron chi connectivity index (χ1n) is 6.56. The standard InChI is InChI=1S/C14H22ClN3O/c1-4-18(5-2)9-10(3)17-14(19)12-7-6-11(16)8-13(12)15/h6-8,10H,4-5,9,16H2,1-3H3,(H,17,19). The molecule has 0 radical (unpaired) electrons. The van der Waals surface area contributed by atoms with E-state index in [1.807, 2.05) is 6.92 Å². The Morgan fingerprint density at radius 2 is 2.05 bits per heavy atom. The molecule has 0 fully saturated rings. The summed E-state index contributed by atoms with van der Waals surface area (Å²) in [5.41, 5.74) is 6.62. The lowest BCUT2D eigenvalue weighted by molar-refractivity contribution is 0.0930. The molecule has 1 aromatic carbocycles. The van der Waals surface area contributed by atoms with Gasteiger partial charge in [-0.3, -0.25) is 4.79 Å². The number of carbonyl (C=O) groups excluding carboxylic acids is 1. The molecule has 19 heavy (non-hydrogen) atoms.